The van der Waals surface area contributed by atoms with Gasteiger partial charge in [0.2, 0.25) is 0 Å². The van der Waals surface area contributed by atoms with Crippen LogP contribution in [0.25, 0.3) is 0 Å². The van der Waals surface area contributed by atoms with Gasteiger partial charge in [0.05, 0.1) is 20.4 Å². The lowest BCUT2D eigenvalue weighted by molar-refractivity contribution is -0.00537. The normalized spacial score (nSPS) is 40.1. The van der Waals surface area contributed by atoms with Crippen LogP contribution < -0.4 is 0 Å². The molecule has 2 aliphatic carbocycles. The van der Waals surface area contributed by atoms with E-state index in [1.54, 1.807) is 0 Å². The van der Waals surface area contributed by atoms with E-state index >= 15 is 0 Å². The average Bonchev–Trinajstić information content (AvgIpc) is 2.62. The van der Waals surface area contributed by atoms with E-state index < -0.39 is 8.07 Å². The second-order valence-corrected chi connectivity index (χ2v) is 16.6. The van der Waals surface area contributed by atoms with Crippen LogP contribution in [0, 0.1) is 22.7 Å². The van der Waals surface area contributed by atoms with Gasteiger partial charge in [0, 0.05) is 5.92 Å². The third kappa shape index (κ3) is 3.16. The molecular formula is C18H35OSSi+. The van der Waals surface area contributed by atoms with Gasteiger partial charge in [-0.3, -0.25) is 0 Å². The Morgan fingerprint density at radius 3 is 2.33 bits per heavy atom. The zero-order chi connectivity index (χ0) is 16.1. The Balaban J connectivity index is 1.97. The molecule has 2 rings (SSSR count). The van der Waals surface area contributed by atoms with Crippen LogP contribution in [0.5, 0.6) is 0 Å². The number of rotatable bonds is 5. The van der Waals surface area contributed by atoms with E-state index in [9.17, 15) is 5.11 Å². The monoisotopic (exact) mass is 327 g/mol. The maximum atomic E-state index is 10.9. The fourth-order valence-electron chi connectivity index (χ4n) is 4.70. The van der Waals surface area contributed by atoms with E-state index in [-0.39, 0.29) is 11.5 Å². The van der Waals surface area contributed by atoms with E-state index in [1.807, 2.05) is 0 Å². The Labute approximate surface area is 136 Å². The lowest BCUT2D eigenvalue weighted by atomic mass is 9.70. The topological polar surface area (TPSA) is 20.2 Å². The Morgan fingerprint density at radius 2 is 1.86 bits per heavy atom. The summed E-state index contributed by atoms with van der Waals surface area (Å²) in [6, 6.07) is 0. The Morgan fingerprint density at radius 1 is 1.24 bits per heavy atom. The molecule has 0 spiro atoms. The van der Waals surface area contributed by atoms with Crippen LogP contribution in [-0.2, 0) is 10.9 Å². The standard InChI is InChI=1S/C18H35OSSi/c1-17(2)15-9-10-18(17,3)16(19)14(15)13-20(4)11-8-12-21(5,6)7/h8,12,14-16,19H,9-11,13H2,1-7H3/q+1/b12-8+/t14-,15-,16-,18+,20?/m1/s1. The lowest BCUT2D eigenvalue weighted by Crippen LogP contribution is -2.39. The van der Waals surface area contributed by atoms with Crippen molar-refractivity contribution in [1.82, 2.24) is 0 Å². The van der Waals surface area contributed by atoms with Gasteiger partial charge in [-0.25, -0.2) is 0 Å². The van der Waals surface area contributed by atoms with Crippen molar-refractivity contribution in [3.05, 3.63) is 11.8 Å². The molecule has 21 heavy (non-hydrogen) atoms. The first-order valence-electron chi connectivity index (χ1n) is 8.44. The predicted octanol–water partition coefficient (Wildman–Crippen LogP) is 4.10. The molecule has 0 aromatic heterocycles. The third-order valence-electron chi connectivity index (χ3n) is 6.42. The van der Waals surface area contributed by atoms with Crippen LogP contribution in [0.15, 0.2) is 11.8 Å². The number of fused-ring (bicyclic) bond motifs is 2. The van der Waals surface area contributed by atoms with Crippen LogP contribution in [-0.4, -0.2) is 37.0 Å². The van der Waals surface area contributed by atoms with E-state index in [4.69, 9.17) is 0 Å². The van der Waals surface area contributed by atoms with E-state index in [0.29, 0.717) is 22.2 Å². The summed E-state index contributed by atoms with van der Waals surface area (Å²) in [7, 11) is -0.649. The second kappa shape index (κ2) is 5.72. The Hall–Kier alpha value is 0.267. The van der Waals surface area contributed by atoms with Gasteiger partial charge in [0.15, 0.2) is 0 Å². The number of hydrogen-bond donors (Lipinski definition) is 1. The van der Waals surface area contributed by atoms with E-state index in [1.165, 1.54) is 24.3 Å². The smallest absolute Gasteiger partial charge is 0.125 e. The summed E-state index contributed by atoms with van der Waals surface area (Å²) in [4.78, 5) is 0. The fraction of sp³-hybridized carbons (Fsp3) is 0.889. The van der Waals surface area contributed by atoms with Crippen LogP contribution in [0.4, 0.5) is 0 Å². The van der Waals surface area contributed by atoms with Crippen molar-refractivity contribution in [1.29, 1.82) is 0 Å². The minimum atomic E-state index is -1.06. The van der Waals surface area contributed by atoms with Gasteiger partial charge in [-0.1, -0.05) is 46.1 Å². The summed E-state index contributed by atoms with van der Waals surface area (Å²) in [5.74, 6) is 3.69. The molecule has 0 heterocycles. The molecule has 1 nitrogen and oxygen atoms in total. The van der Waals surface area contributed by atoms with Crippen LogP contribution in [0.1, 0.15) is 33.6 Å². The largest absolute Gasteiger partial charge is 0.392 e. The maximum Gasteiger partial charge on any atom is 0.125 e. The molecule has 0 radical (unpaired) electrons. The summed E-state index contributed by atoms with van der Waals surface area (Å²) >= 11 is 0. The van der Waals surface area contributed by atoms with Crippen LogP contribution >= 0.6 is 0 Å². The molecule has 2 bridgehead atoms. The summed E-state index contributed by atoms with van der Waals surface area (Å²) in [5, 5.41) is 10.9. The SMILES string of the molecule is C[S+](C/C=C/[Si](C)(C)C)C[C@@H]1[C@H]2CC[C@@](C)([C@@H]1O)C2(C)C. The molecule has 5 atom stereocenters. The van der Waals surface area contributed by atoms with Crippen molar-refractivity contribution in [2.24, 2.45) is 22.7 Å². The van der Waals surface area contributed by atoms with Crippen LogP contribution in [0.3, 0.4) is 0 Å². The van der Waals surface area contributed by atoms with Crippen molar-refractivity contribution >= 4 is 19.0 Å². The molecule has 2 fully saturated rings. The zero-order valence-corrected chi connectivity index (χ0v) is 16.9. The van der Waals surface area contributed by atoms with Crippen molar-refractivity contribution in [3.8, 4) is 0 Å². The van der Waals surface area contributed by atoms with Gasteiger partial charge in [0.1, 0.15) is 11.5 Å². The van der Waals surface area contributed by atoms with Gasteiger partial charge >= 0.3 is 0 Å². The van der Waals surface area contributed by atoms with E-state index in [0.717, 1.165) is 5.92 Å². The number of hydrogen-bond acceptors (Lipinski definition) is 1. The summed E-state index contributed by atoms with van der Waals surface area (Å²) < 4.78 is 0. The quantitative estimate of drug-likeness (QED) is 0.595. The molecule has 2 aliphatic rings. The highest BCUT2D eigenvalue weighted by Crippen LogP contribution is 2.67. The molecule has 0 aromatic rings. The first-order chi connectivity index (χ1) is 9.49. The molecule has 0 aromatic carbocycles. The third-order valence-corrected chi connectivity index (χ3v) is 9.38. The van der Waals surface area contributed by atoms with Crippen molar-refractivity contribution < 1.29 is 5.11 Å². The first-order valence-corrected chi connectivity index (χ1v) is 14.0. The molecule has 0 saturated heterocycles. The molecule has 0 aliphatic heterocycles. The maximum absolute atomic E-state index is 10.9. The fourth-order valence-corrected chi connectivity index (χ4v) is 7.33. The summed E-state index contributed by atoms with van der Waals surface area (Å²) in [5.41, 5.74) is 2.94. The molecule has 122 valence electrons. The molecule has 0 amide bonds. The average molecular weight is 328 g/mol. The molecule has 3 heteroatoms. The Bertz CT molecular complexity index is 412. The number of aliphatic hydroxyl groups is 1. The summed E-state index contributed by atoms with van der Waals surface area (Å²) in [6.45, 7) is 14.3. The van der Waals surface area contributed by atoms with Crippen molar-refractivity contribution in [3.63, 3.8) is 0 Å². The molecule has 2 saturated carbocycles. The van der Waals surface area contributed by atoms with E-state index in [2.05, 4.69) is 58.4 Å². The highest BCUT2D eigenvalue weighted by Gasteiger charge is 2.66. The predicted molar refractivity (Wildman–Crippen MR) is 99.6 cm³/mol. The number of aliphatic hydroxyl groups excluding tert-OH is 1. The van der Waals surface area contributed by atoms with Gasteiger partial charge in [-0.05, 0) is 46.6 Å². The summed E-state index contributed by atoms with van der Waals surface area (Å²) in [6.07, 6.45) is 7.27. The van der Waals surface area contributed by atoms with Gasteiger partial charge < -0.3 is 5.11 Å². The second-order valence-electron chi connectivity index (χ2n) is 9.28. The highest BCUT2D eigenvalue weighted by atomic mass is 32.2. The minimum absolute atomic E-state index is 0.0813. The molecular weight excluding hydrogens is 292 g/mol. The first kappa shape index (κ1) is 17.6. The Kier molecular flexibility index (Phi) is 4.80. The van der Waals surface area contributed by atoms with Crippen molar-refractivity contribution in [2.45, 2.75) is 59.4 Å². The molecule has 1 N–H and O–H groups in total. The molecule has 1 unspecified atom stereocenters. The highest BCUT2D eigenvalue weighted by molar-refractivity contribution is 7.96. The van der Waals surface area contributed by atoms with Crippen LogP contribution in [0.2, 0.25) is 19.6 Å². The zero-order valence-electron chi connectivity index (χ0n) is 15.1. The van der Waals surface area contributed by atoms with Crippen molar-refractivity contribution in [2.75, 3.05) is 17.8 Å². The lowest BCUT2D eigenvalue weighted by Gasteiger charge is -2.37. The minimum Gasteiger partial charge on any atom is -0.392 e. The van der Waals surface area contributed by atoms with Gasteiger partial charge in [-0.2, -0.15) is 0 Å². The van der Waals surface area contributed by atoms with Gasteiger partial charge in [-0.15, -0.1) is 0 Å². The van der Waals surface area contributed by atoms with Gasteiger partial charge in [0.25, 0.3) is 0 Å².